The highest BCUT2D eigenvalue weighted by atomic mass is 79.9. The highest BCUT2D eigenvalue weighted by Gasteiger charge is 2.34. The van der Waals surface area contributed by atoms with E-state index in [-0.39, 0.29) is 10.6 Å². The van der Waals surface area contributed by atoms with E-state index in [1.54, 1.807) is 13.0 Å². The molecule has 1 unspecified atom stereocenters. The van der Waals surface area contributed by atoms with Gasteiger partial charge >= 0.3 is 0 Å². The molecule has 1 aromatic rings. The fraction of sp³-hybridized carbons (Fsp3) is 0.600. The average molecular weight is 354 g/mol. The second-order valence-corrected chi connectivity index (χ2v) is 6.99. The Morgan fingerprint density at radius 1 is 1.43 bits per heavy atom. The molecule has 2 aliphatic rings. The SMILES string of the molecule is Cc1cc(NCC2CCN(C3CC3)C2)c(Br)cc1[N+](=O)[O-]. The van der Waals surface area contributed by atoms with Gasteiger partial charge in [-0.1, -0.05) is 0 Å². The first-order valence-corrected chi connectivity index (χ1v) is 8.26. The number of halogens is 1. The van der Waals surface area contributed by atoms with Crippen molar-refractivity contribution < 1.29 is 4.92 Å². The van der Waals surface area contributed by atoms with Crippen LogP contribution in [0.2, 0.25) is 0 Å². The standard InChI is InChI=1S/C15H20BrN3O2/c1-10-6-14(13(16)7-15(10)19(20)21)17-8-11-4-5-18(9-11)12-2-3-12/h6-7,11-12,17H,2-5,8-9H2,1H3. The lowest BCUT2D eigenvalue weighted by Gasteiger charge is -2.16. The first-order valence-electron chi connectivity index (χ1n) is 7.47. The molecule has 0 amide bonds. The van der Waals surface area contributed by atoms with E-state index in [0.29, 0.717) is 11.5 Å². The minimum Gasteiger partial charge on any atom is -0.384 e. The fourth-order valence-electron chi connectivity index (χ4n) is 3.06. The minimum atomic E-state index is -0.339. The van der Waals surface area contributed by atoms with Crippen molar-refractivity contribution in [3.8, 4) is 0 Å². The van der Waals surface area contributed by atoms with Gasteiger partial charge in [-0.15, -0.1) is 0 Å². The summed E-state index contributed by atoms with van der Waals surface area (Å²) in [6.45, 7) is 5.11. The van der Waals surface area contributed by atoms with Gasteiger partial charge in [-0.25, -0.2) is 0 Å². The summed E-state index contributed by atoms with van der Waals surface area (Å²) in [5.41, 5.74) is 1.80. The molecule has 1 aliphatic carbocycles. The van der Waals surface area contributed by atoms with Gasteiger partial charge in [0.25, 0.3) is 5.69 Å². The molecule has 21 heavy (non-hydrogen) atoms. The van der Waals surface area contributed by atoms with Gasteiger partial charge < -0.3 is 10.2 Å². The van der Waals surface area contributed by atoms with Crippen molar-refractivity contribution in [2.24, 2.45) is 5.92 Å². The number of nitrogens with zero attached hydrogens (tertiary/aromatic N) is 2. The van der Waals surface area contributed by atoms with Crippen LogP contribution in [-0.2, 0) is 0 Å². The predicted octanol–water partition coefficient (Wildman–Crippen LogP) is 3.56. The molecular weight excluding hydrogens is 334 g/mol. The van der Waals surface area contributed by atoms with Gasteiger partial charge in [0.2, 0.25) is 0 Å². The zero-order valence-electron chi connectivity index (χ0n) is 12.1. The van der Waals surface area contributed by atoms with Crippen molar-refractivity contribution in [3.63, 3.8) is 0 Å². The Morgan fingerprint density at radius 2 is 2.19 bits per heavy atom. The number of anilines is 1. The quantitative estimate of drug-likeness (QED) is 0.649. The summed E-state index contributed by atoms with van der Waals surface area (Å²) in [4.78, 5) is 13.2. The van der Waals surface area contributed by atoms with Crippen molar-refractivity contribution >= 4 is 27.3 Å². The lowest BCUT2D eigenvalue weighted by molar-refractivity contribution is -0.385. The van der Waals surface area contributed by atoms with Crippen molar-refractivity contribution in [1.29, 1.82) is 0 Å². The van der Waals surface area contributed by atoms with Crippen molar-refractivity contribution in [2.75, 3.05) is 25.0 Å². The number of likely N-dealkylation sites (tertiary alicyclic amines) is 1. The number of nitro groups is 1. The smallest absolute Gasteiger partial charge is 0.273 e. The van der Waals surface area contributed by atoms with Crippen LogP contribution >= 0.6 is 15.9 Å². The van der Waals surface area contributed by atoms with Gasteiger partial charge in [-0.3, -0.25) is 10.1 Å². The van der Waals surface area contributed by atoms with E-state index in [1.165, 1.54) is 32.4 Å². The van der Waals surface area contributed by atoms with Crippen molar-refractivity contribution in [3.05, 3.63) is 32.3 Å². The summed E-state index contributed by atoms with van der Waals surface area (Å²) in [5, 5.41) is 14.4. The van der Waals surface area contributed by atoms with Crippen LogP contribution in [0.5, 0.6) is 0 Å². The van der Waals surface area contributed by atoms with Crippen LogP contribution in [0.15, 0.2) is 16.6 Å². The summed E-state index contributed by atoms with van der Waals surface area (Å²) >= 11 is 3.43. The first kappa shape index (κ1) is 14.8. The normalized spacial score (nSPS) is 22.5. The maximum atomic E-state index is 10.9. The Hall–Kier alpha value is -1.14. The Kier molecular flexibility index (Phi) is 4.17. The molecule has 3 rings (SSSR count). The monoisotopic (exact) mass is 353 g/mol. The largest absolute Gasteiger partial charge is 0.384 e. The minimum absolute atomic E-state index is 0.160. The van der Waals surface area contributed by atoms with E-state index in [9.17, 15) is 10.1 Å². The molecule has 1 atom stereocenters. The molecule has 1 N–H and O–H groups in total. The number of benzene rings is 1. The van der Waals surface area contributed by atoms with Crippen LogP contribution in [0.3, 0.4) is 0 Å². The highest BCUT2D eigenvalue weighted by Crippen LogP contribution is 2.33. The van der Waals surface area contributed by atoms with Crippen LogP contribution in [0.25, 0.3) is 0 Å². The molecule has 0 bridgehead atoms. The summed E-state index contributed by atoms with van der Waals surface area (Å²) < 4.78 is 0.761. The topological polar surface area (TPSA) is 58.4 Å². The van der Waals surface area contributed by atoms with Gasteiger partial charge in [0.1, 0.15) is 0 Å². The first-order chi connectivity index (χ1) is 10.0. The van der Waals surface area contributed by atoms with Crippen molar-refractivity contribution in [2.45, 2.75) is 32.2 Å². The third kappa shape index (κ3) is 3.37. The highest BCUT2D eigenvalue weighted by molar-refractivity contribution is 9.10. The Labute approximate surface area is 133 Å². The van der Waals surface area contributed by atoms with E-state index in [0.717, 1.165) is 22.7 Å². The van der Waals surface area contributed by atoms with Gasteiger partial charge in [0, 0.05) is 40.9 Å². The van der Waals surface area contributed by atoms with Crippen molar-refractivity contribution in [1.82, 2.24) is 4.90 Å². The zero-order chi connectivity index (χ0) is 15.0. The van der Waals surface area contributed by atoms with Gasteiger partial charge in [0.15, 0.2) is 0 Å². The van der Waals surface area contributed by atoms with Crippen LogP contribution in [0, 0.1) is 23.0 Å². The second-order valence-electron chi connectivity index (χ2n) is 6.14. The number of hydrogen-bond donors (Lipinski definition) is 1. The van der Waals surface area contributed by atoms with E-state index >= 15 is 0 Å². The fourth-order valence-corrected chi connectivity index (χ4v) is 3.53. The summed E-state index contributed by atoms with van der Waals surface area (Å²) in [5.74, 6) is 0.674. The Bertz CT molecular complexity index is 560. The molecule has 2 fully saturated rings. The van der Waals surface area contributed by atoms with Gasteiger partial charge in [-0.05, 0) is 60.6 Å². The third-order valence-corrected chi connectivity index (χ3v) is 5.10. The van der Waals surface area contributed by atoms with Gasteiger partial charge in [0.05, 0.1) is 4.92 Å². The van der Waals surface area contributed by atoms with E-state index < -0.39 is 0 Å². The van der Waals surface area contributed by atoms with E-state index in [4.69, 9.17) is 0 Å². The number of nitrogens with one attached hydrogen (secondary N) is 1. The molecule has 114 valence electrons. The molecule has 1 aromatic carbocycles. The second kappa shape index (κ2) is 5.93. The Morgan fingerprint density at radius 3 is 2.86 bits per heavy atom. The molecule has 1 saturated carbocycles. The van der Waals surface area contributed by atoms with Crippen LogP contribution < -0.4 is 5.32 Å². The van der Waals surface area contributed by atoms with Crippen LogP contribution in [0.4, 0.5) is 11.4 Å². The number of rotatable bonds is 5. The molecule has 0 spiro atoms. The maximum Gasteiger partial charge on any atom is 0.273 e. The number of aryl methyl sites for hydroxylation is 1. The van der Waals surface area contributed by atoms with E-state index in [2.05, 4.69) is 26.1 Å². The molecular formula is C15H20BrN3O2. The predicted molar refractivity (Wildman–Crippen MR) is 86.7 cm³/mol. The molecule has 1 heterocycles. The number of hydrogen-bond acceptors (Lipinski definition) is 4. The van der Waals surface area contributed by atoms with Crippen LogP contribution in [0.1, 0.15) is 24.8 Å². The third-order valence-electron chi connectivity index (χ3n) is 4.44. The average Bonchev–Trinajstić information content (AvgIpc) is 3.18. The van der Waals surface area contributed by atoms with Crippen LogP contribution in [-0.4, -0.2) is 35.5 Å². The number of nitro benzene ring substituents is 1. The molecule has 0 aromatic heterocycles. The summed E-state index contributed by atoms with van der Waals surface area (Å²) in [6, 6.07) is 4.29. The molecule has 0 radical (unpaired) electrons. The lowest BCUT2D eigenvalue weighted by atomic mass is 10.1. The summed E-state index contributed by atoms with van der Waals surface area (Å²) in [6.07, 6.45) is 3.98. The molecule has 1 saturated heterocycles. The van der Waals surface area contributed by atoms with Gasteiger partial charge in [-0.2, -0.15) is 0 Å². The molecule has 5 nitrogen and oxygen atoms in total. The zero-order valence-corrected chi connectivity index (χ0v) is 13.7. The molecule has 1 aliphatic heterocycles. The molecule has 6 heteroatoms. The maximum absolute atomic E-state index is 10.9. The summed E-state index contributed by atoms with van der Waals surface area (Å²) in [7, 11) is 0. The lowest BCUT2D eigenvalue weighted by Crippen LogP contribution is -2.24. The Balaban J connectivity index is 1.60. The van der Waals surface area contributed by atoms with E-state index in [1.807, 2.05) is 6.07 Å².